The van der Waals surface area contributed by atoms with Gasteiger partial charge in [0.25, 0.3) is 0 Å². The number of alkyl halides is 1. The van der Waals surface area contributed by atoms with E-state index in [4.69, 9.17) is 11.6 Å². The van der Waals surface area contributed by atoms with Crippen LogP contribution in [-0.2, 0) is 6.54 Å². The van der Waals surface area contributed by atoms with Gasteiger partial charge in [-0.05, 0) is 6.07 Å². The van der Waals surface area contributed by atoms with Crippen molar-refractivity contribution in [3.63, 3.8) is 0 Å². The summed E-state index contributed by atoms with van der Waals surface area (Å²) in [5, 5.41) is 0. The minimum atomic E-state index is -0.101. The Hall–Kier alpha value is -0.640. The van der Waals surface area contributed by atoms with Gasteiger partial charge in [0.05, 0.1) is 0 Å². The zero-order chi connectivity index (χ0) is 12.1. The molecule has 0 saturated carbocycles. The fraction of sp³-hybridized carbons (Fsp3) is 0.538. The van der Waals surface area contributed by atoms with Crippen molar-refractivity contribution in [1.29, 1.82) is 0 Å². The highest BCUT2D eigenvalue weighted by Gasteiger charge is 2.17. The predicted octanol–water partition coefficient (Wildman–Crippen LogP) is 2.18. The first-order valence-corrected chi connectivity index (χ1v) is 6.57. The van der Waals surface area contributed by atoms with E-state index in [2.05, 4.69) is 9.80 Å². The Morgan fingerprint density at radius 1 is 1.06 bits per heavy atom. The first-order valence-electron chi connectivity index (χ1n) is 6.03. The number of hydrogen-bond donors (Lipinski definition) is 0. The smallest absolute Gasteiger partial charge is 0.127 e. The van der Waals surface area contributed by atoms with Crippen molar-refractivity contribution in [1.82, 2.24) is 9.80 Å². The SMILES string of the molecule is Fc1ccccc1CN1CCN(CCCl)CC1. The molecule has 1 aliphatic heterocycles. The highest BCUT2D eigenvalue weighted by atomic mass is 35.5. The van der Waals surface area contributed by atoms with Gasteiger partial charge >= 0.3 is 0 Å². The number of benzene rings is 1. The van der Waals surface area contributed by atoms with Crippen molar-refractivity contribution in [2.24, 2.45) is 0 Å². The highest BCUT2D eigenvalue weighted by molar-refractivity contribution is 6.18. The van der Waals surface area contributed by atoms with E-state index in [-0.39, 0.29) is 5.82 Å². The number of piperazine rings is 1. The Balaban J connectivity index is 1.84. The number of nitrogens with zero attached hydrogens (tertiary/aromatic N) is 2. The van der Waals surface area contributed by atoms with E-state index in [1.165, 1.54) is 6.07 Å². The molecule has 2 nitrogen and oxygen atoms in total. The Morgan fingerprint density at radius 3 is 2.35 bits per heavy atom. The molecule has 17 heavy (non-hydrogen) atoms. The molecule has 1 heterocycles. The molecule has 1 aliphatic rings. The lowest BCUT2D eigenvalue weighted by Gasteiger charge is -2.34. The molecule has 2 rings (SSSR count). The fourth-order valence-electron chi connectivity index (χ4n) is 2.16. The van der Waals surface area contributed by atoms with Crippen molar-refractivity contribution < 1.29 is 4.39 Å². The van der Waals surface area contributed by atoms with Crippen LogP contribution in [0.5, 0.6) is 0 Å². The molecule has 0 amide bonds. The molecule has 1 fully saturated rings. The van der Waals surface area contributed by atoms with Crippen molar-refractivity contribution in [2.45, 2.75) is 6.54 Å². The quantitative estimate of drug-likeness (QED) is 0.762. The number of rotatable bonds is 4. The minimum absolute atomic E-state index is 0.101. The Morgan fingerprint density at radius 2 is 1.71 bits per heavy atom. The Labute approximate surface area is 107 Å². The average Bonchev–Trinajstić information content (AvgIpc) is 2.35. The molecule has 1 aromatic rings. The number of hydrogen-bond acceptors (Lipinski definition) is 2. The van der Waals surface area contributed by atoms with Crippen LogP contribution in [0.25, 0.3) is 0 Å². The summed E-state index contributed by atoms with van der Waals surface area (Å²) < 4.78 is 13.5. The van der Waals surface area contributed by atoms with Crippen LogP contribution >= 0.6 is 11.6 Å². The lowest BCUT2D eigenvalue weighted by atomic mass is 10.2. The molecule has 94 valence electrons. The van der Waals surface area contributed by atoms with Gasteiger partial charge in [0, 0.05) is 50.7 Å². The Kier molecular flexibility index (Phi) is 4.77. The van der Waals surface area contributed by atoms with Crippen LogP contribution in [0.15, 0.2) is 24.3 Å². The zero-order valence-corrected chi connectivity index (χ0v) is 10.7. The minimum Gasteiger partial charge on any atom is -0.300 e. The van der Waals surface area contributed by atoms with Crippen LogP contribution in [0.4, 0.5) is 4.39 Å². The molecule has 0 atom stereocenters. The molecule has 0 N–H and O–H groups in total. The standard InChI is InChI=1S/C13H18ClFN2/c14-5-6-16-7-9-17(10-8-16)11-12-3-1-2-4-13(12)15/h1-4H,5-11H2. The van der Waals surface area contributed by atoms with Crippen LogP contribution in [0.3, 0.4) is 0 Å². The predicted molar refractivity (Wildman–Crippen MR) is 68.8 cm³/mol. The van der Waals surface area contributed by atoms with E-state index in [0.29, 0.717) is 12.4 Å². The van der Waals surface area contributed by atoms with Gasteiger partial charge in [-0.25, -0.2) is 4.39 Å². The largest absolute Gasteiger partial charge is 0.300 e. The maximum Gasteiger partial charge on any atom is 0.127 e. The normalized spacial score (nSPS) is 18.5. The van der Waals surface area contributed by atoms with Gasteiger partial charge in [-0.2, -0.15) is 0 Å². The van der Waals surface area contributed by atoms with Crippen molar-refractivity contribution in [3.8, 4) is 0 Å². The second-order valence-corrected chi connectivity index (χ2v) is 4.78. The lowest BCUT2D eigenvalue weighted by Crippen LogP contribution is -2.46. The molecule has 0 aliphatic carbocycles. The molecule has 1 saturated heterocycles. The van der Waals surface area contributed by atoms with Gasteiger partial charge in [0.15, 0.2) is 0 Å². The molecule has 1 aromatic carbocycles. The van der Waals surface area contributed by atoms with E-state index in [1.807, 2.05) is 12.1 Å². The van der Waals surface area contributed by atoms with Gasteiger partial charge in [-0.1, -0.05) is 18.2 Å². The first-order chi connectivity index (χ1) is 8.29. The topological polar surface area (TPSA) is 6.48 Å². The maximum absolute atomic E-state index is 13.5. The van der Waals surface area contributed by atoms with Crippen LogP contribution < -0.4 is 0 Å². The molecule has 0 aromatic heterocycles. The molecule has 0 bridgehead atoms. The van der Waals surface area contributed by atoms with E-state index < -0.39 is 0 Å². The van der Waals surface area contributed by atoms with Gasteiger partial charge in [-0.3, -0.25) is 9.80 Å². The third kappa shape index (κ3) is 3.66. The summed E-state index contributed by atoms with van der Waals surface area (Å²) in [5.74, 6) is 0.587. The van der Waals surface area contributed by atoms with Gasteiger partial charge in [0.1, 0.15) is 5.82 Å². The van der Waals surface area contributed by atoms with Crippen molar-refractivity contribution >= 4 is 11.6 Å². The Bertz CT molecular complexity index is 351. The number of halogens is 2. The van der Waals surface area contributed by atoms with E-state index in [0.717, 1.165) is 38.3 Å². The lowest BCUT2D eigenvalue weighted by molar-refractivity contribution is 0.131. The average molecular weight is 257 g/mol. The summed E-state index contributed by atoms with van der Waals surface area (Å²) in [6, 6.07) is 7.01. The monoisotopic (exact) mass is 256 g/mol. The third-order valence-corrected chi connectivity index (χ3v) is 3.39. The van der Waals surface area contributed by atoms with E-state index in [9.17, 15) is 4.39 Å². The second kappa shape index (κ2) is 6.34. The highest BCUT2D eigenvalue weighted by Crippen LogP contribution is 2.11. The molecular formula is C13H18ClFN2. The third-order valence-electron chi connectivity index (χ3n) is 3.22. The summed E-state index contributed by atoms with van der Waals surface area (Å²) in [6.45, 7) is 5.70. The van der Waals surface area contributed by atoms with Crippen LogP contribution in [0, 0.1) is 5.82 Å². The van der Waals surface area contributed by atoms with Gasteiger partial charge < -0.3 is 0 Å². The summed E-state index contributed by atoms with van der Waals surface area (Å²) in [5.41, 5.74) is 0.790. The van der Waals surface area contributed by atoms with E-state index >= 15 is 0 Å². The molecule has 4 heteroatoms. The van der Waals surface area contributed by atoms with Crippen LogP contribution in [-0.4, -0.2) is 48.4 Å². The zero-order valence-electron chi connectivity index (χ0n) is 9.91. The summed E-state index contributed by atoms with van der Waals surface area (Å²) in [6.07, 6.45) is 0. The summed E-state index contributed by atoms with van der Waals surface area (Å²) >= 11 is 5.72. The van der Waals surface area contributed by atoms with Gasteiger partial charge in [0.2, 0.25) is 0 Å². The molecular weight excluding hydrogens is 239 g/mol. The molecule has 0 radical (unpaired) electrons. The van der Waals surface area contributed by atoms with Crippen molar-refractivity contribution in [2.75, 3.05) is 38.6 Å². The first kappa shape index (κ1) is 12.8. The maximum atomic E-state index is 13.5. The second-order valence-electron chi connectivity index (χ2n) is 4.40. The van der Waals surface area contributed by atoms with Gasteiger partial charge in [-0.15, -0.1) is 11.6 Å². The van der Waals surface area contributed by atoms with Crippen LogP contribution in [0.1, 0.15) is 5.56 Å². The summed E-state index contributed by atoms with van der Waals surface area (Å²) in [4.78, 5) is 4.65. The van der Waals surface area contributed by atoms with Crippen LogP contribution in [0.2, 0.25) is 0 Å². The molecule has 0 unspecified atom stereocenters. The molecule has 0 spiro atoms. The van der Waals surface area contributed by atoms with E-state index in [1.54, 1.807) is 6.07 Å². The summed E-state index contributed by atoms with van der Waals surface area (Å²) in [7, 11) is 0. The van der Waals surface area contributed by atoms with Crippen molar-refractivity contribution in [3.05, 3.63) is 35.6 Å². The fourth-order valence-corrected chi connectivity index (χ4v) is 2.40.